The lowest BCUT2D eigenvalue weighted by atomic mass is 10.2. The van der Waals surface area contributed by atoms with Gasteiger partial charge in [-0.2, -0.15) is 0 Å². The van der Waals surface area contributed by atoms with Crippen molar-refractivity contribution in [3.8, 4) is 0 Å². The monoisotopic (exact) mass is 349 g/mol. The van der Waals surface area contributed by atoms with E-state index in [1.165, 1.54) is 4.57 Å². The average Bonchev–Trinajstić information content (AvgIpc) is 2.76. The van der Waals surface area contributed by atoms with Gasteiger partial charge in [0.1, 0.15) is 12.1 Å². The number of rotatable bonds is 2. The lowest BCUT2D eigenvalue weighted by Gasteiger charge is -2.26. The normalized spacial score (nSPS) is 15.7. The molecule has 1 fully saturated rings. The number of aromatic nitrogens is 1. The van der Waals surface area contributed by atoms with E-state index >= 15 is 0 Å². The van der Waals surface area contributed by atoms with Crippen LogP contribution in [-0.4, -0.2) is 58.1 Å². The molecule has 2 rings (SSSR count). The molecule has 0 bridgehead atoms. The van der Waals surface area contributed by atoms with E-state index in [0.29, 0.717) is 38.2 Å². The molecule has 1 aliphatic heterocycles. The summed E-state index contributed by atoms with van der Waals surface area (Å²) in [4.78, 5) is 40.1. The Bertz CT molecular complexity index is 690. The lowest BCUT2D eigenvalue weighted by Crippen LogP contribution is -2.41. The van der Waals surface area contributed by atoms with Gasteiger partial charge in [-0.05, 0) is 40.2 Å². The Morgan fingerprint density at radius 2 is 1.76 bits per heavy atom. The molecule has 138 valence electrons. The Hall–Kier alpha value is -2.31. The largest absolute Gasteiger partial charge is 0.444 e. The van der Waals surface area contributed by atoms with Gasteiger partial charge < -0.3 is 19.1 Å². The fourth-order valence-corrected chi connectivity index (χ4v) is 2.70. The Labute approximate surface area is 148 Å². The summed E-state index contributed by atoms with van der Waals surface area (Å²) in [5.74, 6) is -0.112. The second-order valence-corrected chi connectivity index (χ2v) is 7.33. The third kappa shape index (κ3) is 5.34. The maximum atomic E-state index is 12.5. The third-order valence-corrected chi connectivity index (χ3v) is 4.02. The van der Waals surface area contributed by atoms with Gasteiger partial charge >= 0.3 is 6.09 Å². The molecule has 1 aromatic heterocycles. The minimum absolute atomic E-state index is 0.0208. The number of carbonyl (C=O) groups excluding carboxylic acids is 2. The van der Waals surface area contributed by atoms with Crippen molar-refractivity contribution in [3.05, 3.63) is 34.2 Å². The van der Waals surface area contributed by atoms with Crippen molar-refractivity contribution in [1.29, 1.82) is 0 Å². The Kier molecular flexibility index (Phi) is 5.87. The molecule has 0 radical (unpaired) electrons. The van der Waals surface area contributed by atoms with Crippen molar-refractivity contribution < 1.29 is 14.3 Å². The molecule has 1 aliphatic rings. The van der Waals surface area contributed by atoms with Crippen LogP contribution >= 0.6 is 0 Å². The van der Waals surface area contributed by atoms with Crippen molar-refractivity contribution >= 4 is 12.0 Å². The number of ether oxygens (including phenoxy) is 1. The maximum absolute atomic E-state index is 12.5. The smallest absolute Gasteiger partial charge is 0.410 e. The summed E-state index contributed by atoms with van der Waals surface area (Å²) in [5, 5.41) is 0. The highest BCUT2D eigenvalue weighted by Gasteiger charge is 2.26. The van der Waals surface area contributed by atoms with Crippen LogP contribution in [0.4, 0.5) is 4.79 Å². The highest BCUT2D eigenvalue weighted by Crippen LogP contribution is 2.12. The summed E-state index contributed by atoms with van der Waals surface area (Å²) in [5.41, 5.74) is -0.0751. The average molecular weight is 349 g/mol. The van der Waals surface area contributed by atoms with Gasteiger partial charge in [0.05, 0.1) is 0 Å². The van der Waals surface area contributed by atoms with E-state index in [2.05, 4.69) is 0 Å². The highest BCUT2D eigenvalue weighted by molar-refractivity contribution is 5.76. The van der Waals surface area contributed by atoms with Crippen molar-refractivity contribution in [2.24, 2.45) is 0 Å². The van der Waals surface area contributed by atoms with Gasteiger partial charge in [0.25, 0.3) is 5.56 Å². The van der Waals surface area contributed by atoms with Gasteiger partial charge in [0, 0.05) is 37.9 Å². The minimum atomic E-state index is -0.536. The SMILES string of the molecule is Cc1cccn(CC(=O)N2CCCN(C(=O)OC(C)(C)C)CC2)c1=O. The molecule has 0 unspecified atom stereocenters. The molecule has 1 aromatic rings. The predicted octanol–water partition coefficient (Wildman–Crippen LogP) is 1.63. The van der Waals surface area contributed by atoms with Crippen LogP contribution in [0.5, 0.6) is 0 Å². The number of amides is 2. The quantitative estimate of drug-likeness (QED) is 0.813. The first-order valence-corrected chi connectivity index (χ1v) is 8.59. The van der Waals surface area contributed by atoms with Crippen LogP contribution in [0.15, 0.2) is 23.1 Å². The summed E-state index contributed by atoms with van der Waals surface area (Å²) < 4.78 is 6.82. The Balaban J connectivity index is 1.96. The van der Waals surface area contributed by atoms with Crippen LogP contribution in [-0.2, 0) is 16.1 Å². The number of carbonyl (C=O) groups is 2. The topological polar surface area (TPSA) is 71.8 Å². The molecule has 1 saturated heterocycles. The van der Waals surface area contributed by atoms with E-state index in [9.17, 15) is 14.4 Å². The molecule has 7 nitrogen and oxygen atoms in total. The fraction of sp³-hybridized carbons (Fsp3) is 0.611. The van der Waals surface area contributed by atoms with Gasteiger partial charge in [-0.25, -0.2) is 4.79 Å². The molecule has 0 aromatic carbocycles. The maximum Gasteiger partial charge on any atom is 0.410 e. The molecule has 0 aliphatic carbocycles. The summed E-state index contributed by atoms with van der Waals surface area (Å²) in [7, 11) is 0. The molecule has 2 heterocycles. The van der Waals surface area contributed by atoms with Gasteiger partial charge in [0.2, 0.25) is 5.91 Å². The molecular weight excluding hydrogens is 322 g/mol. The minimum Gasteiger partial charge on any atom is -0.444 e. The van der Waals surface area contributed by atoms with Crippen LogP contribution in [0.1, 0.15) is 32.8 Å². The molecule has 2 amide bonds. The molecule has 0 atom stereocenters. The molecule has 0 saturated carbocycles. The number of hydrogen-bond donors (Lipinski definition) is 0. The summed E-state index contributed by atoms with van der Waals surface area (Å²) in [6.07, 6.45) is 1.96. The zero-order valence-corrected chi connectivity index (χ0v) is 15.4. The van der Waals surface area contributed by atoms with Crippen molar-refractivity contribution in [1.82, 2.24) is 14.4 Å². The second kappa shape index (κ2) is 7.72. The molecule has 7 heteroatoms. The van der Waals surface area contributed by atoms with Crippen LogP contribution in [0.25, 0.3) is 0 Å². The van der Waals surface area contributed by atoms with E-state index in [1.54, 1.807) is 35.1 Å². The van der Waals surface area contributed by atoms with Crippen LogP contribution in [0, 0.1) is 6.92 Å². The van der Waals surface area contributed by atoms with E-state index < -0.39 is 5.60 Å². The van der Waals surface area contributed by atoms with E-state index in [-0.39, 0.29) is 24.1 Å². The van der Waals surface area contributed by atoms with E-state index in [0.717, 1.165) is 0 Å². The van der Waals surface area contributed by atoms with Crippen LogP contribution in [0.2, 0.25) is 0 Å². The lowest BCUT2D eigenvalue weighted by molar-refractivity contribution is -0.131. The number of nitrogens with zero attached hydrogens (tertiary/aromatic N) is 3. The molecule has 25 heavy (non-hydrogen) atoms. The molecule has 0 spiro atoms. The molecule has 0 N–H and O–H groups in total. The van der Waals surface area contributed by atoms with Gasteiger partial charge in [-0.15, -0.1) is 0 Å². The zero-order valence-electron chi connectivity index (χ0n) is 15.4. The predicted molar refractivity (Wildman–Crippen MR) is 94.4 cm³/mol. The number of hydrogen-bond acceptors (Lipinski definition) is 4. The summed E-state index contributed by atoms with van der Waals surface area (Å²) in [6.45, 7) is 9.25. The zero-order chi connectivity index (χ0) is 18.6. The first-order valence-electron chi connectivity index (χ1n) is 8.59. The van der Waals surface area contributed by atoms with Crippen molar-refractivity contribution in [2.45, 2.75) is 46.3 Å². The standard InChI is InChI=1S/C18H27N3O4/c1-14-7-5-8-21(16(14)23)13-15(22)19-9-6-10-20(12-11-19)17(24)25-18(2,3)4/h5,7-8H,6,9-13H2,1-4H3. The highest BCUT2D eigenvalue weighted by atomic mass is 16.6. The third-order valence-electron chi connectivity index (χ3n) is 4.02. The van der Waals surface area contributed by atoms with Gasteiger partial charge in [0.15, 0.2) is 0 Å². The molecular formula is C18H27N3O4. The van der Waals surface area contributed by atoms with E-state index in [1.807, 2.05) is 20.8 Å². The van der Waals surface area contributed by atoms with Crippen molar-refractivity contribution in [3.63, 3.8) is 0 Å². The fourth-order valence-electron chi connectivity index (χ4n) is 2.70. The van der Waals surface area contributed by atoms with Gasteiger partial charge in [-0.3, -0.25) is 9.59 Å². The van der Waals surface area contributed by atoms with Gasteiger partial charge in [-0.1, -0.05) is 6.07 Å². The van der Waals surface area contributed by atoms with Crippen molar-refractivity contribution in [2.75, 3.05) is 26.2 Å². The number of pyridine rings is 1. The van der Waals surface area contributed by atoms with Crippen LogP contribution < -0.4 is 5.56 Å². The second-order valence-electron chi connectivity index (χ2n) is 7.33. The summed E-state index contributed by atoms with van der Waals surface area (Å²) in [6, 6.07) is 3.49. The summed E-state index contributed by atoms with van der Waals surface area (Å²) >= 11 is 0. The first-order chi connectivity index (χ1) is 11.7. The number of aryl methyl sites for hydroxylation is 1. The Morgan fingerprint density at radius 1 is 1.12 bits per heavy atom. The van der Waals surface area contributed by atoms with Crippen LogP contribution in [0.3, 0.4) is 0 Å². The van der Waals surface area contributed by atoms with E-state index in [4.69, 9.17) is 4.74 Å². The first kappa shape index (κ1) is 19.0. The Morgan fingerprint density at radius 3 is 2.44 bits per heavy atom.